The van der Waals surface area contributed by atoms with Crippen molar-refractivity contribution in [3.63, 3.8) is 0 Å². The quantitative estimate of drug-likeness (QED) is 0.482. The van der Waals surface area contributed by atoms with Gasteiger partial charge in [0.2, 0.25) is 5.91 Å². The fourth-order valence-corrected chi connectivity index (χ4v) is 5.43. The van der Waals surface area contributed by atoms with Crippen molar-refractivity contribution in [2.45, 2.75) is 43.3 Å². The molecular formula is C26H29FN2O4S. The van der Waals surface area contributed by atoms with Crippen molar-refractivity contribution in [3.8, 4) is 0 Å². The Morgan fingerprint density at radius 2 is 1.76 bits per heavy atom. The average molecular weight is 485 g/mol. The average Bonchev–Trinajstić information content (AvgIpc) is 3.33. The van der Waals surface area contributed by atoms with E-state index in [-0.39, 0.29) is 24.2 Å². The number of rotatable bonds is 8. The summed E-state index contributed by atoms with van der Waals surface area (Å²) in [6.45, 7) is 2.44. The summed E-state index contributed by atoms with van der Waals surface area (Å²) >= 11 is 0. The van der Waals surface area contributed by atoms with E-state index in [0.29, 0.717) is 18.0 Å². The Hall–Kier alpha value is -2.97. The molecule has 1 aromatic heterocycles. The van der Waals surface area contributed by atoms with Gasteiger partial charge in [0.1, 0.15) is 11.6 Å². The van der Waals surface area contributed by atoms with Crippen molar-refractivity contribution in [2.24, 2.45) is 0 Å². The minimum atomic E-state index is -3.29. The minimum absolute atomic E-state index is 0.0242. The van der Waals surface area contributed by atoms with Crippen molar-refractivity contribution < 1.29 is 22.0 Å². The fourth-order valence-electron chi connectivity index (χ4n) is 4.50. The van der Waals surface area contributed by atoms with Gasteiger partial charge in [-0.15, -0.1) is 0 Å². The fraction of sp³-hybridized carbons (Fsp3) is 0.346. The predicted molar refractivity (Wildman–Crippen MR) is 127 cm³/mol. The van der Waals surface area contributed by atoms with Gasteiger partial charge in [0.05, 0.1) is 24.1 Å². The third-order valence-electron chi connectivity index (χ3n) is 6.26. The standard InChI is InChI=1S/C26H29FN2O4S/c1-34(31,32)25-7-3-2-5-21(25)18-28-14-12-23(13-15-28)29(19-24-6-4-16-33-24)26(30)17-20-8-10-22(27)11-9-20/h2-11,16,23H,12-15,17-19H2,1H3. The summed E-state index contributed by atoms with van der Waals surface area (Å²) in [5, 5.41) is 0. The number of hydrogen-bond acceptors (Lipinski definition) is 5. The van der Waals surface area contributed by atoms with Crippen molar-refractivity contribution in [2.75, 3.05) is 19.3 Å². The van der Waals surface area contributed by atoms with Crippen LogP contribution in [0.15, 0.2) is 76.2 Å². The van der Waals surface area contributed by atoms with E-state index in [1.54, 1.807) is 36.6 Å². The maximum atomic E-state index is 13.3. The second-order valence-corrected chi connectivity index (χ2v) is 10.8. The first kappa shape index (κ1) is 24.2. The van der Waals surface area contributed by atoms with E-state index in [0.717, 1.165) is 42.8 Å². The summed E-state index contributed by atoms with van der Waals surface area (Å²) in [4.78, 5) is 17.7. The first-order valence-electron chi connectivity index (χ1n) is 11.4. The normalized spacial score (nSPS) is 15.4. The number of nitrogens with zero attached hydrogens (tertiary/aromatic N) is 2. The molecule has 6 nitrogen and oxygen atoms in total. The summed E-state index contributed by atoms with van der Waals surface area (Å²) < 4.78 is 43.0. The molecule has 0 bridgehead atoms. The van der Waals surface area contributed by atoms with Crippen molar-refractivity contribution in [3.05, 3.63) is 89.6 Å². The van der Waals surface area contributed by atoms with Gasteiger partial charge in [0.15, 0.2) is 9.84 Å². The van der Waals surface area contributed by atoms with Crippen LogP contribution in [0.2, 0.25) is 0 Å². The zero-order valence-electron chi connectivity index (χ0n) is 19.2. The molecule has 0 unspecified atom stereocenters. The second kappa shape index (κ2) is 10.5. The zero-order valence-corrected chi connectivity index (χ0v) is 20.0. The molecule has 1 amide bonds. The number of furan rings is 1. The highest BCUT2D eigenvalue weighted by molar-refractivity contribution is 7.90. The Morgan fingerprint density at radius 3 is 2.41 bits per heavy atom. The number of benzene rings is 2. The molecular weight excluding hydrogens is 455 g/mol. The molecule has 3 aromatic rings. The molecule has 8 heteroatoms. The van der Waals surface area contributed by atoms with E-state index in [4.69, 9.17) is 4.42 Å². The number of sulfone groups is 1. The summed E-state index contributed by atoms with van der Waals surface area (Å²) in [7, 11) is -3.29. The van der Waals surface area contributed by atoms with E-state index >= 15 is 0 Å². The molecule has 0 saturated carbocycles. The molecule has 0 aliphatic carbocycles. The zero-order chi connectivity index (χ0) is 24.1. The van der Waals surface area contributed by atoms with Gasteiger partial charge in [-0.25, -0.2) is 12.8 Å². The van der Waals surface area contributed by atoms with Crippen LogP contribution >= 0.6 is 0 Å². The van der Waals surface area contributed by atoms with Gasteiger partial charge >= 0.3 is 0 Å². The van der Waals surface area contributed by atoms with Crippen LogP contribution in [0, 0.1) is 5.82 Å². The van der Waals surface area contributed by atoms with Crippen LogP contribution in [0.25, 0.3) is 0 Å². The number of carbonyl (C=O) groups is 1. The smallest absolute Gasteiger partial charge is 0.227 e. The van der Waals surface area contributed by atoms with Gasteiger partial charge in [-0.2, -0.15) is 0 Å². The van der Waals surface area contributed by atoms with E-state index in [9.17, 15) is 17.6 Å². The van der Waals surface area contributed by atoms with E-state index < -0.39 is 9.84 Å². The number of likely N-dealkylation sites (tertiary alicyclic amines) is 1. The lowest BCUT2D eigenvalue weighted by atomic mass is 10.0. The lowest BCUT2D eigenvalue weighted by Gasteiger charge is -2.38. The van der Waals surface area contributed by atoms with Crippen LogP contribution in [0.5, 0.6) is 0 Å². The Bertz CT molecular complexity index is 1200. The Morgan fingerprint density at radius 1 is 1.06 bits per heavy atom. The summed E-state index contributed by atoms with van der Waals surface area (Å²) in [6, 6.07) is 16.8. The molecule has 1 aliphatic rings. The first-order valence-corrected chi connectivity index (χ1v) is 13.3. The first-order chi connectivity index (χ1) is 16.3. The van der Waals surface area contributed by atoms with Crippen LogP contribution in [0.1, 0.15) is 29.7 Å². The maximum absolute atomic E-state index is 13.3. The molecule has 1 saturated heterocycles. The van der Waals surface area contributed by atoms with E-state index in [2.05, 4.69) is 4.90 Å². The Balaban J connectivity index is 1.43. The molecule has 0 N–H and O–H groups in total. The van der Waals surface area contributed by atoms with Gasteiger partial charge in [0, 0.05) is 31.9 Å². The monoisotopic (exact) mass is 484 g/mol. The van der Waals surface area contributed by atoms with E-state index in [1.165, 1.54) is 18.4 Å². The molecule has 34 heavy (non-hydrogen) atoms. The number of carbonyl (C=O) groups excluding carboxylic acids is 1. The maximum Gasteiger partial charge on any atom is 0.227 e. The summed E-state index contributed by atoms with van der Waals surface area (Å²) in [5.74, 6) is 0.370. The van der Waals surface area contributed by atoms with Crippen molar-refractivity contribution >= 4 is 15.7 Å². The molecule has 0 atom stereocenters. The van der Waals surface area contributed by atoms with Crippen LogP contribution in [0.4, 0.5) is 4.39 Å². The Kier molecular flexibility index (Phi) is 7.48. The number of halogens is 1. The number of amides is 1. The molecule has 0 radical (unpaired) electrons. The molecule has 1 aliphatic heterocycles. The SMILES string of the molecule is CS(=O)(=O)c1ccccc1CN1CCC(N(Cc2ccco2)C(=O)Cc2ccc(F)cc2)CC1. The van der Waals surface area contributed by atoms with Crippen LogP contribution in [-0.4, -0.2) is 49.5 Å². The minimum Gasteiger partial charge on any atom is -0.467 e. The third kappa shape index (κ3) is 6.12. The highest BCUT2D eigenvalue weighted by Gasteiger charge is 2.29. The number of hydrogen-bond donors (Lipinski definition) is 0. The molecule has 1 fully saturated rings. The molecule has 4 rings (SSSR count). The molecule has 180 valence electrons. The van der Waals surface area contributed by atoms with Crippen molar-refractivity contribution in [1.82, 2.24) is 9.80 Å². The van der Waals surface area contributed by atoms with Crippen LogP contribution in [-0.2, 0) is 34.1 Å². The highest BCUT2D eigenvalue weighted by atomic mass is 32.2. The van der Waals surface area contributed by atoms with E-state index in [1.807, 2.05) is 23.1 Å². The molecule has 2 heterocycles. The van der Waals surface area contributed by atoms with Gasteiger partial charge in [0.25, 0.3) is 0 Å². The summed E-state index contributed by atoms with van der Waals surface area (Å²) in [5.41, 5.74) is 1.56. The second-order valence-electron chi connectivity index (χ2n) is 8.79. The lowest BCUT2D eigenvalue weighted by molar-refractivity contribution is -0.135. The van der Waals surface area contributed by atoms with Gasteiger partial charge in [-0.1, -0.05) is 30.3 Å². The topological polar surface area (TPSA) is 70.8 Å². The largest absolute Gasteiger partial charge is 0.467 e. The van der Waals surface area contributed by atoms with Crippen LogP contribution in [0.3, 0.4) is 0 Å². The van der Waals surface area contributed by atoms with Crippen LogP contribution < -0.4 is 0 Å². The highest BCUT2D eigenvalue weighted by Crippen LogP contribution is 2.24. The van der Waals surface area contributed by atoms with Crippen molar-refractivity contribution in [1.29, 1.82) is 0 Å². The number of piperidine rings is 1. The van der Waals surface area contributed by atoms with Gasteiger partial charge < -0.3 is 9.32 Å². The molecule has 0 spiro atoms. The lowest BCUT2D eigenvalue weighted by Crippen LogP contribution is -2.47. The Labute approximate surface area is 199 Å². The third-order valence-corrected chi connectivity index (χ3v) is 7.46. The predicted octanol–water partition coefficient (Wildman–Crippen LogP) is 4.06. The van der Waals surface area contributed by atoms with Gasteiger partial charge in [-0.05, 0) is 54.3 Å². The summed E-state index contributed by atoms with van der Waals surface area (Å²) in [6.07, 6.45) is 4.58. The van der Waals surface area contributed by atoms with Gasteiger partial charge in [-0.3, -0.25) is 9.69 Å². The molecule has 2 aromatic carbocycles.